The van der Waals surface area contributed by atoms with Gasteiger partial charge >= 0.3 is 0 Å². The summed E-state index contributed by atoms with van der Waals surface area (Å²) in [6, 6.07) is 48.8. The summed E-state index contributed by atoms with van der Waals surface area (Å²) in [5.41, 5.74) is 10.7. The maximum atomic E-state index is 6.61. The second kappa shape index (κ2) is 25.3. The smallest absolute Gasteiger partial charge is 0.137 e. The molecule has 0 radical (unpaired) electrons. The molecule has 0 heterocycles. The van der Waals surface area contributed by atoms with Gasteiger partial charge in [0.2, 0.25) is 0 Å². The van der Waals surface area contributed by atoms with Crippen LogP contribution in [0, 0.1) is 10.5 Å². The summed E-state index contributed by atoms with van der Waals surface area (Å²) in [4.78, 5) is 0. The van der Waals surface area contributed by atoms with Crippen LogP contribution in [0.3, 0.4) is 0 Å². The second-order valence-electron chi connectivity index (χ2n) is 17.5. The van der Waals surface area contributed by atoms with Crippen LogP contribution in [0.4, 0.5) is 0 Å². The molecule has 0 N–H and O–H groups in total. The standard InChI is InChI=1S/C57H56Br2ClIO7/c1-39-8-5-6-10-47(39)38-62-20-21-64-52-26-46(27-53(30-52)66-35-41-14-18-49(59)19-15-41)37-68-55-29-43(31-58)28-54(56(55)61)67-36-45-22-44(33-63-32-42-9-7-11-50(60)23-42)24-51(25-45)65-34-40-12-16-48(17-13-40)57(2,3)4/h5-19,22-30H,20-21,31-38H2,1-4H3. The summed E-state index contributed by atoms with van der Waals surface area (Å²) >= 11 is 15.7. The Morgan fingerprint density at radius 1 is 0.485 bits per heavy atom. The molecule has 0 aliphatic rings. The highest BCUT2D eigenvalue weighted by Crippen LogP contribution is 2.35. The molecule has 0 saturated carbocycles. The van der Waals surface area contributed by atoms with E-state index in [1.165, 1.54) is 11.1 Å². The predicted molar refractivity (Wildman–Crippen MR) is 288 cm³/mol. The topological polar surface area (TPSA) is 64.6 Å². The van der Waals surface area contributed by atoms with Crippen molar-refractivity contribution in [1.82, 2.24) is 0 Å². The lowest BCUT2D eigenvalue weighted by Crippen LogP contribution is -2.10. The number of aryl methyl sites for hydroxylation is 1. The Morgan fingerprint density at radius 3 is 1.66 bits per heavy atom. The van der Waals surface area contributed by atoms with Crippen LogP contribution in [-0.2, 0) is 66.5 Å². The Bertz CT molecular complexity index is 2720. The number of ether oxygens (including phenoxy) is 7. The van der Waals surface area contributed by atoms with Gasteiger partial charge in [0.1, 0.15) is 61.8 Å². The Morgan fingerprint density at radius 2 is 1.04 bits per heavy atom. The quantitative estimate of drug-likeness (QED) is 0.0359. The summed E-state index contributed by atoms with van der Waals surface area (Å²) < 4.78 is 46.1. The Kier molecular flexibility index (Phi) is 19.1. The molecule has 0 bridgehead atoms. The molecule has 11 heteroatoms. The summed E-state index contributed by atoms with van der Waals surface area (Å²) in [6.45, 7) is 12.3. The predicted octanol–water partition coefficient (Wildman–Crippen LogP) is 15.8. The van der Waals surface area contributed by atoms with Gasteiger partial charge in [-0.15, -0.1) is 0 Å². The van der Waals surface area contributed by atoms with E-state index in [9.17, 15) is 0 Å². The largest absolute Gasteiger partial charge is 0.491 e. The van der Waals surface area contributed by atoms with Crippen LogP contribution in [0.15, 0.2) is 150 Å². The molecule has 0 amide bonds. The first-order valence-corrected chi connectivity index (χ1v) is 25.8. The molecular weight excluding hydrogens is 1120 g/mol. The van der Waals surface area contributed by atoms with Crippen LogP contribution < -0.4 is 23.7 Å². The van der Waals surface area contributed by atoms with Crippen molar-refractivity contribution in [1.29, 1.82) is 0 Å². The first kappa shape index (κ1) is 51.3. The molecule has 0 saturated heterocycles. The van der Waals surface area contributed by atoms with E-state index in [1.54, 1.807) is 0 Å². The molecule has 7 aromatic rings. The SMILES string of the molecule is Cc1ccccc1COCCOc1cc(COc2cc(CBr)cc(OCc3cc(COCc4cccc(Cl)c4)cc(OCc4ccc(C(C)(C)C)cc4)c3)c2I)cc(OCc2ccc(Br)cc2)c1. The lowest BCUT2D eigenvalue weighted by molar-refractivity contribution is 0.0884. The second-order valence-corrected chi connectivity index (χ2v) is 20.5. The number of halogens is 4. The van der Waals surface area contributed by atoms with Crippen molar-refractivity contribution in [3.05, 3.63) is 214 Å². The van der Waals surface area contributed by atoms with Gasteiger partial charge in [-0.2, -0.15) is 0 Å². The van der Waals surface area contributed by atoms with Crippen LogP contribution in [0.25, 0.3) is 0 Å². The maximum absolute atomic E-state index is 6.61. The summed E-state index contributed by atoms with van der Waals surface area (Å²) in [5, 5.41) is 1.30. The number of alkyl halides is 1. The van der Waals surface area contributed by atoms with E-state index in [1.807, 2.05) is 103 Å². The summed E-state index contributed by atoms with van der Waals surface area (Å²) in [7, 11) is 0. The molecule has 0 atom stereocenters. The molecule has 7 rings (SSSR count). The molecule has 354 valence electrons. The first-order valence-electron chi connectivity index (χ1n) is 22.4. The van der Waals surface area contributed by atoms with Crippen LogP contribution in [0.2, 0.25) is 5.02 Å². The lowest BCUT2D eigenvalue weighted by Gasteiger charge is -2.19. The Balaban J connectivity index is 1.04. The third-order valence-corrected chi connectivity index (χ3v) is 13.4. The van der Waals surface area contributed by atoms with E-state index in [2.05, 4.69) is 125 Å². The normalized spacial score (nSPS) is 11.4. The van der Waals surface area contributed by atoms with Gasteiger partial charge < -0.3 is 33.2 Å². The Hall–Kier alpha value is -4.56. The first-order chi connectivity index (χ1) is 32.9. The molecule has 0 fully saturated rings. The van der Waals surface area contributed by atoms with Crippen LogP contribution in [-0.4, -0.2) is 13.2 Å². The van der Waals surface area contributed by atoms with Gasteiger partial charge in [-0.25, -0.2) is 0 Å². The van der Waals surface area contributed by atoms with Gasteiger partial charge in [0, 0.05) is 20.9 Å². The van der Waals surface area contributed by atoms with Crippen molar-refractivity contribution in [3.63, 3.8) is 0 Å². The molecule has 0 aliphatic carbocycles. The monoisotopic (exact) mass is 1170 g/mol. The Labute approximate surface area is 436 Å². The zero-order chi connectivity index (χ0) is 47.9. The molecular formula is C57H56Br2ClIO7. The van der Waals surface area contributed by atoms with Crippen LogP contribution in [0.5, 0.6) is 28.7 Å². The van der Waals surface area contributed by atoms with Crippen molar-refractivity contribution in [2.24, 2.45) is 0 Å². The number of benzene rings is 7. The minimum atomic E-state index is 0.0767. The highest BCUT2D eigenvalue weighted by molar-refractivity contribution is 14.1. The fourth-order valence-electron chi connectivity index (χ4n) is 7.20. The maximum Gasteiger partial charge on any atom is 0.137 e. The highest BCUT2D eigenvalue weighted by atomic mass is 127. The van der Waals surface area contributed by atoms with Gasteiger partial charge in [0.25, 0.3) is 0 Å². The van der Waals surface area contributed by atoms with Gasteiger partial charge in [0.15, 0.2) is 0 Å². The molecule has 0 spiro atoms. The third-order valence-electron chi connectivity index (χ3n) is 11.0. The molecule has 7 nitrogen and oxygen atoms in total. The van der Waals surface area contributed by atoms with E-state index < -0.39 is 0 Å². The molecule has 7 aromatic carbocycles. The molecule has 0 aromatic heterocycles. The fraction of sp³-hybridized carbons (Fsp3) is 0.263. The highest BCUT2D eigenvalue weighted by Gasteiger charge is 2.16. The van der Waals surface area contributed by atoms with Crippen molar-refractivity contribution in [2.45, 2.75) is 84.7 Å². The zero-order valence-electron chi connectivity index (χ0n) is 38.8. The molecule has 0 aliphatic heterocycles. The van der Waals surface area contributed by atoms with Crippen molar-refractivity contribution in [3.8, 4) is 28.7 Å². The van der Waals surface area contributed by atoms with E-state index >= 15 is 0 Å². The minimum absolute atomic E-state index is 0.0767. The van der Waals surface area contributed by atoms with E-state index in [0.29, 0.717) is 86.2 Å². The van der Waals surface area contributed by atoms with Crippen LogP contribution in [0.1, 0.15) is 76.4 Å². The van der Waals surface area contributed by atoms with Crippen molar-refractivity contribution >= 4 is 66.1 Å². The third kappa shape index (κ3) is 16.0. The van der Waals surface area contributed by atoms with E-state index in [0.717, 1.165) is 58.3 Å². The average molecular weight is 1180 g/mol. The van der Waals surface area contributed by atoms with Gasteiger partial charge in [0.05, 0.1) is 30.0 Å². The van der Waals surface area contributed by atoms with Crippen molar-refractivity contribution < 1.29 is 33.2 Å². The van der Waals surface area contributed by atoms with E-state index in [-0.39, 0.29) is 12.0 Å². The number of hydrogen-bond acceptors (Lipinski definition) is 7. The zero-order valence-corrected chi connectivity index (χ0v) is 44.9. The minimum Gasteiger partial charge on any atom is -0.491 e. The van der Waals surface area contributed by atoms with E-state index in [4.69, 9.17) is 44.8 Å². The number of rotatable bonds is 23. The van der Waals surface area contributed by atoms with Gasteiger partial charge in [-0.1, -0.05) is 137 Å². The lowest BCUT2D eigenvalue weighted by atomic mass is 9.87. The summed E-state index contributed by atoms with van der Waals surface area (Å²) in [6.07, 6.45) is 0. The van der Waals surface area contributed by atoms with Gasteiger partial charge in [-0.05, 0) is 157 Å². The molecule has 68 heavy (non-hydrogen) atoms. The van der Waals surface area contributed by atoms with Gasteiger partial charge in [-0.3, -0.25) is 0 Å². The molecule has 0 unspecified atom stereocenters. The summed E-state index contributed by atoms with van der Waals surface area (Å²) in [5.74, 6) is 3.50. The number of hydrogen-bond donors (Lipinski definition) is 0. The average Bonchev–Trinajstić information content (AvgIpc) is 3.33. The fourth-order valence-corrected chi connectivity index (χ4v) is 8.62. The van der Waals surface area contributed by atoms with Crippen molar-refractivity contribution in [2.75, 3.05) is 13.2 Å². The van der Waals surface area contributed by atoms with Crippen LogP contribution >= 0.6 is 66.1 Å².